The zero-order chi connectivity index (χ0) is 11.4. The van der Waals surface area contributed by atoms with Gasteiger partial charge in [0, 0.05) is 17.8 Å². The van der Waals surface area contributed by atoms with E-state index in [1.807, 2.05) is 18.2 Å². The zero-order valence-corrected chi connectivity index (χ0v) is 9.56. The smallest absolute Gasteiger partial charge is 0.116 e. The third-order valence-electron chi connectivity index (χ3n) is 2.74. The van der Waals surface area contributed by atoms with Crippen molar-refractivity contribution in [3.05, 3.63) is 36.3 Å². The van der Waals surface area contributed by atoms with Gasteiger partial charge in [0.05, 0.1) is 11.2 Å². The molecule has 0 aliphatic rings. The Labute approximate surface area is 95.7 Å². The van der Waals surface area contributed by atoms with Gasteiger partial charge in [0.15, 0.2) is 0 Å². The molecule has 0 aliphatic carbocycles. The molecule has 2 rings (SSSR count). The maximum Gasteiger partial charge on any atom is 0.116 e. The van der Waals surface area contributed by atoms with Crippen LogP contribution in [0.5, 0.6) is 0 Å². The summed E-state index contributed by atoms with van der Waals surface area (Å²) in [6.45, 7) is 2.15. The van der Waals surface area contributed by atoms with E-state index < -0.39 is 0 Å². The lowest BCUT2D eigenvalue weighted by molar-refractivity contribution is 0.595. The van der Waals surface area contributed by atoms with E-state index in [0.29, 0.717) is 0 Å². The summed E-state index contributed by atoms with van der Waals surface area (Å²) in [6.07, 6.45) is 4.61. The van der Waals surface area contributed by atoms with Gasteiger partial charge in [0.1, 0.15) is 6.33 Å². The van der Waals surface area contributed by atoms with Crippen LogP contribution in [-0.2, 0) is 6.42 Å². The van der Waals surface area contributed by atoms with Crippen molar-refractivity contribution >= 4 is 10.9 Å². The first-order valence-electron chi connectivity index (χ1n) is 5.75. The van der Waals surface area contributed by atoms with Gasteiger partial charge in [-0.05, 0) is 12.5 Å². The first-order valence-corrected chi connectivity index (χ1v) is 5.75. The molecule has 1 unspecified atom stereocenters. The van der Waals surface area contributed by atoms with Crippen LogP contribution in [0.15, 0.2) is 30.6 Å². The minimum absolute atomic E-state index is 0.198. The molecule has 3 nitrogen and oxygen atoms in total. The lowest BCUT2D eigenvalue weighted by Gasteiger charge is -2.10. The normalized spacial score (nSPS) is 12.9. The second-order valence-corrected chi connectivity index (χ2v) is 4.09. The molecule has 1 aromatic heterocycles. The highest BCUT2D eigenvalue weighted by atomic mass is 14.8. The van der Waals surface area contributed by atoms with Crippen molar-refractivity contribution in [2.45, 2.75) is 32.2 Å². The first-order chi connectivity index (χ1) is 7.81. The number of hydrogen-bond acceptors (Lipinski definition) is 3. The molecule has 16 heavy (non-hydrogen) atoms. The average Bonchev–Trinajstić information content (AvgIpc) is 2.30. The number of rotatable bonds is 4. The zero-order valence-electron chi connectivity index (χ0n) is 9.56. The maximum absolute atomic E-state index is 6.05. The second-order valence-electron chi connectivity index (χ2n) is 4.09. The standard InChI is InChI=1S/C13H17N3/c1-2-5-10(14)8-13-11-6-3-4-7-12(11)15-9-16-13/h3-4,6-7,9-10H,2,5,8,14H2,1H3. The van der Waals surface area contributed by atoms with Gasteiger partial charge in [0.25, 0.3) is 0 Å². The maximum atomic E-state index is 6.05. The highest BCUT2D eigenvalue weighted by Crippen LogP contribution is 2.15. The van der Waals surface area contributed by atoms with E-state index in [1.54, 1.807) is 6.33 Å². The van der Waals surface area contributed by atoms with Crippen molar-refractivity contribution in [2.24, 2.45) is 5.73 Å². The van der Waals surface area contributed by atoms with E-state index in [0.717, 1.165) is 35.9 Å². The molecule has 84 valence electrons. The Morgan fingerprint density at radius 1 is 1.25 bits per heavy atom. The van der Waals surface area contributed by atoms with Gasteiger partial charge in [-0.3, -0.25) is 0 Å². The lowest BCUT2D eigenvalue weighted by Crippen LogP contribution is -2.23. The van der Waals surface area contributed by atoms with Gasteiger partial charge in [-0.2, -0.15) is 0 Å². The SMILES string of the molecule is CCCC(N)Cc1ncnc2ccccc12. The molecule has 0 aliphatic heterocycles. The molecule has 1 heterocycles. The van der Waals surface area contributed by atoms with E-state index in [1.165, 1.54) is 0 Å². The Kier molecular flexibility index (Phi) is 3.47. The predicted molar refractivity (Wildman–Crippen MR) is 66.1 cm³/mol. The number of benzene rings is 1. The summed E-state index contributed by atoms with van der Waals surface area (Å²) in [6, 6.07) is 8.27. The number of hydrogen-bond donors (Lipinski definition) is 1. The summed E-state index contributed by atoms with van der Waals surface area (Å²) in [5.74, 6) is 0. The topological polar surface area (TPSA) is 51.8 Å². The summed E-state index contributed by atoms with van der Waals surface area (Å²) in [5.41, 5.74) is 8.10. The number of fused-ring (bicyclic) bond motifs is 1. The number of para-hydroxylation sites is 1. The van der Waals surface area contributed by atoms with Gasteiger partial charge >= 0.3 is 0 Å². The fourth-order valence-corrected chi connectivity index (χ4v) is 1.94. The van der Waals surface area contributed by atoms with Gasteiger partial charge in [-0.1, -0.05) is 31.5 Å². The Morgan fingerprint density at radius 2 is 2.06 bits per heavy atom. The van der Waals surface area contributed by atoms with Crippen molar-refractivity contribution in [1.82, 2.24) is 9.97 Å². The van der Waals surface area contributed by atoms with Crippen LogP contribution in [0, 0.1) is 0 Å². The van der Waals surface area contributed by atoms with Crippen molar-refractivity contribution in [3.8, 4) is 0 Å². The summed E-state index contributed by atoms with van der Waals surface area (Å²) >= 11 is 0. The van der Waals surface area contributed by atoms with Crippen LogP contribution in [0.2, 0.25) is 0 Å². The molecular formula is C13H17N3. The molecule has 0 amide bonds. The van der Waals surface area contributed by atoms with Crippen LogP contribution < -0.4 is 5.73 Å². The van der Waals surface area contributed by atoms with Crippen LogP contribution >= 0.6 is 0 Å². The fraction of sp³-hybridized carbons (Fsp3) is 0.385. The summed E-state index contributed by atoms with van der Waals surface area (Å²) in [7, 11) is 0. The molecule has 0 bridgehead atoms. The van der Waals surface area contributed by atoms with Gasteiger partial charge in [-0.25, -0.2) is 9.97 Å². The van der Waals surface area contributed by atoms with E-state index in [-0.39, 0.29) is 6.04 Å². The quantitative estimate of drug-likeness (QED) is 0.851. The predicted octanol–water partition coefficient (Wildman–Crippen LogP) is 2.30. The van der Waals surface area contributed by atoms with Crippen molar-refractivity contribution in [1.29, 1.82) is 0 Å². The van der Waals surface area contributed by atoms with Crippen LogP contribution in [0.4, 0.5) is 0 Å². The molecule has 0 spiro atoms. The Bertz CT molecular complexity index is 462. The molecule has 1 aromatic carbocycles. The lowest BCUT2D eigenvalue weighted by atomic mass is 10.0. The highest BCUT2D eigenvalue weighted by Gasteiger charge is 2.07. The third-order valence-corrected chi connectivity index (χ3v) is 2.74. The molecule has 0 saturated carbocycles. The summed E-state index contributed by atoms with van der Waals surface area (Å²) in [5, 5.41) is 1.12. The van der Waals surface area contributed by atoms with Gasteiger partial charge in [-0.15, -0.1) is 0 Å². The summed E-state index contributed by atoms with van der Waals surface area (Å²) in [4.78, 5) is 8.58. The first kappa shape index (κ1) is 11.0. The molecule has 0 radical (unpaired) electrons. The Hall–Kier alpha value is -1.48. The molecular weight excluding hydrogens is 198 g/mol. The average molecular weight is 215 g/mol. The Balaban J connectivity index is 2.30. The van der Waals surface area contributed by atoms with Crippen molar-refractivity contribution in [3.63, 3.8) is 0 Å². The number of nitrogens with two attached hydrogens (primary N) is 1. The molecule has 3 heteroatoms. The van der Waals surface area contributed by atoms with E-state index in [2.05, 4.69) is 23.0 Å². The van der Waals surface area contributed by atoms with E-state index in [4.69, 9.17) is 5.73 Å². The van der Waals surface area contributed by atoms with Crippen LogP contribution in [0.3, 0.4) is 0 Å². The van der Waals surface area contributed by atoms with E-state index >= 15 is 0 Å². The number of aromatic nitrogens is 2. The molecule has 1 atom stereocenters. The molecule has 0 saturated heterocycles. The molecule has 0 fully saturated rings. The highest BCUT2D eigenvalue weighted by molar-refractivity contribution is 5.80. The van der Waals surface area contributed by atoms with E-state index in [9.17, 15) is 0 Å². The monoisotopic (exact) mass is 215 g/mol. The molecule has 2 N–H and O–H groups in total. The minimum Gasteiger partial charge on any atom is -0.327 e. The van der Waals surface area contributed by atoms with Crippen molar-refractivity contribution in [2.75, 3.05) is 0 Å². The Morgan fingerprint density at radius 3 is 2.88 bits per heavy atom. The van der Waals surface area contributed by atoms with Crippen LogP contribution in [-0.4, -0.2) is 16.0 Å². The largest absolute Gasteiger partial charge is 0.327 e. The minimum atomic E-state index is 0.198. The fourth-order valence-electron chi connectivity index (χ4n) is 1.94. The van der Waals surface area contributed by atoms with Gasteiger partial charge in [0.2, 0.25) is 0 Å². The van der Waals surface area contributed by atoms with Gasteiger partial charge < -0.3 is 5.73 Å². The number of nitrogens with zero attached hydrogens (tertiary/aromatic N) is 2. The summed E-state index contributed by atoms with van der Waals surface area (Å²) < 4.78 is 0. The van der Waals surface area contributed by atoms with Crippen LogP contribution in [0.25, 0.3) is 10.9 Å². The van der Waals surface area contributed by atoms with Crippen LogP contribution in [0.1, 0.15) is 25.5 Å². The third kappa shape index (κ3) is 2.36. The molecule has 2 aromatic rings. The second kappa shape index (κ2) is 5.03. The van der Waals surface area contributed by atoms with Crippen molar-refractivity contribution < 1.29 is 0 Å².